The standard InChI is InChI=1S/C9H7F3INO2/c1-2-16-9(15)6-5(13)3-4(7(10)11)8(12)14-6/h3,7H,2H2,1H3. The van der Waals surface area contributed by atoms with Gasteiger partial charge in [-0.05, 0) is 35.6 Å². The first-order valence-corrected chi connectivity index (χ1v) is 5.36. The number of hydrogen-bond acceptors (Lipinski definition) is 3. The van der Waals surface area contributed by atoms with E-state index in [1.807, 2.05) is 0 Å². The summed E-state index contributed by atoms with van der Waals surface area (Å²) < 4.78 is 42.4. The fourth-order valence-electron chi connectivity index (χ4n) is 0.976. The Morgan fingerprint density at radius 1 is 1.62 bits per heavy atom. The molecule has 16 heavy (non-hydrogen) atoms. The van der Waals surface area contributed by atoms with Gasteiger partial charge in [-0.15, -0.1) is 0 Å². The Morgan fingerprint density at radius 3 is 2.75 bits per heavy atom. The second-order valence-corrected chi connectivity index (χ2v) is 3.88. The van der Waals surface area contributed by atoms with Crippen LogP contribution in [0.1, 0.15) is 29.4 Å². The van der Waals surface area contributed by atoms with Crippen LogP contribution in [0.25, 0.3) is 0 Å². The molecule has 7 heteroatoms. The molecule has 0 aromatic carbocycles. The van der Waals surface area contributed by atoms with E-state index in [0.29, 0.717) is 0 Å². The Morgan fingerprint density at radius 2 is 2.25 bits per heavy atom. The van der Waals surface area contributed by atoms with Crippen LogP contribution in [0.15, 0.2) is 6.07 Å². The molecule has 0 amide bonds. The summed E-state index contributed by atoms with van der Waals surface area (Å²) in [5.41, 5.74) is -1.11. The molecule has 0 aliphatic carbocycles. The van der Waals surface area contributed by atoms with Gasteiger partial charge in [-0.3, -0.25) is 0 Å². The summed E-state index contributed by atoms with van der Waals surface area (Å²) >= 11 is 1.63. The molecule has 0 unspecified atom stereocenters. The highest BCUT2D eigenvalue weighted by molar-refractivity contribution is 14.1. The number of ether oxygens (including phenoxy) is 1. The van der Waals surface area contributed by atoms with Gasteiger partial charge in [0, 0.05) is 3.57 Å². The highest BCUT2D eigenvalue weighted by Gasteiger charge is 2.21. The Hall–Kier alpha value is -0.860. The van der Waals surface area contributed by atoms with Gasteiger partial charge in [0.25, 0.3) is 6.43 Å². The zero-order valence-corrected chi connectivity index (χ0v) is 10.3. The van der Waals surface area contributed by atoms with Crippen molar-refractivity contribution in [3.8, 4) is 0 Å². The number of alkyl halides is 2. The van der Waals surface area contributed by atoms with E-state index in [1.54, 1.807) is 29.5 Å². The first kappa shape index (κ1) is 13.2. The van der Waals surface area contributed by atoms with Crippen LogP contribution in [0.3, 0.4) is 0 Å². The number of pyridine rings is 1. The maximum atomic E-state index is 13.1. The van der Waals surface area contributed by atoms with Crippen LogP contribution in [-0.2, 0) is 4.74 Å². The summed E-state index contributed by atoms with van der Waals surface area (Å²) in [6.45, 7) is 1.68. The van der Waals surface area contributed by atoms with Crippen LogP contribution >= 0.6 is 22.6 Å². The van der Waals surface area contributed by atoms with Crippen molar-refractivity contribution < 1.29 is 22.7 Å². The molecule has 3 nitrogen and oxygen atoms in total. The van der Waals surface area contributed by atoms with Crippen LogP contribution in [0.5, 0.6) is 0 Å². The van der Waals surface area contributed by atoms with Crippen molar-refractivity contribution in [2.24, 2.45) is 0 Å². The van der Waals surface area contributed by atoms with Gasteiger partial charge >= 0.3 is 5.97 Å². The van der Waals surface area contributed by atoms with Gasteiger partial charge < -0.3 is 4.74 Å². The molecule has 0 atom stereocenters. The van der Waals surface area contributed by atoms with E-state index in [4.69, 9.17) is 0 Å². The molecule has 1 rings (SSSR count). The van der Waals surface area contributed by atoms with Gasteiger partial charge in [0.2, 0.25) is 5.95 Å². The third kappa shape index (κ3) is 2.83. The lowest BCUT2D eigenvalue weighted by Crippen LogP contribution is -2.12. The second kappa shape index (κ2) is 5.46. The third-order valence-electron chi connectivity index (χ3n) is 1.66. The van der Waals surface area contributed by atoms with E-state index in [9.17, 15) is 18.0 Å². The minimum atomic E-state index is -2.96. The van der Waals surface area contributed by atoms with Crippen LogP contribution in [0.4, 0.5) is 13.2 Å². The Kier molecular flexibility index (Phi) is 4.51. The maximum absolute atomic E-state index is 13.1. The topological polar surface area (TPSA) is 39.2 Å². The van der Waals surface area contributed by atoms with Crippen LogP contribution in [0.2, 0.25) is 0 Å². The Bertz CT molecular complexity index is 412. The smallest absolute Gasteiger partial charge is 0.358 e. The Balaban J connectivity index is 3.15. The lowest BCUT2D eigenvalue weighted by atomic mass is 10.2. The fraction of sp³-hybridized carbons (Fsp3) is 0.333. The van der Waals surface area contributed by atoms with Crippen molar-refractivity contribution in [3.63, 3.8) is 0 Å². The zero-order valence-electron chi connectivity index (χ0n) is 8.14. The molecule has 1 heterocycles. The van der Waals surface area contributed by atoms with Crippen molar-refractivity contribution in [2.75, 3.05) is 6.61 Å². The van der Waals surface area contributed by atoms with Crippen LogP contribution < -0.4 is 0 Å². The van der Waals surface area contributed by atoms with E-state index < -0.39 is 23.9 Å². The monoisotopic (exact) mass is 345 g/mol. The Labute approximate surface area is 103 Å². The summed E-state index contributed by atoms with van der Waals surface area (Å²) in [4.78, 5) is 14.4. The molecule has 1 aromatic heterocycles. The predicted octanol–water partition coefficient (Wildman–Crippen LogP) is 2.94. The van der Waals surface area contributed by atoms with Gasteiger partial charge in [0.05, 0.1) is 12.2 Å². The van der Waals surface area contributed by atoms with Gasteiger partial charge in [0.15, 0.2) is 5.69 Å². The predicted molar refractivity (Wildman–Crippen MR) is 57.8 cm³/mol. The van der Waals surface area contributed by atoms with E-state index in [-0.39, 0.29) is 15.9 Å². The average molecular weight is 345 g/mol. The number of nitrogens with zero attached hydrogens (tertiary/aromatic N) is 1. The molecule has 0 fully saturated rings. The molecule has 0 aliphatic heterocycles. The van der Waals surface area contributed by atoms with Crippen molar-refractivity contribution in [1.29, 1.82) is 0 Å². The summed E-state index contributed by atoms with van der Waals surface area (Å²) in [6, 6.07) is 0.889. The minimum Gasteiger partial charge on any atom is -0.461 e. The van der Waals surface area contributed by atoms with Crippen LogP contribution in [-0.4, -0.2) is 17.6 Å². The van der Waals surface area contributed by atoms with Gasteiger partial charge in [-0.25, -0.2) is 18.6 Å². The highest BCUT2D eigenvalue weighted by Crippen LogP contribution is 2.24. The van der Waals surface area contributed by atoms with E-state index in [2.05, 4.69) is 9.72 Å². The molecule has 0 spiro atoms. The first-order chi connectivity index (χ1) is 7.47. The van der Waals surface area contributed by atoms with Gasteiger partial charge in [-0.2, -0.15) is 4.39 Å². The SMILES string of the molecule is CCOC(=O)c1nc(F)c(C(F)F)cc1I. The van der Waals surface area contributed by atoms with Gasteiger partial charge in [0.1, 0.15) is 0 Å². The molecular formula is C9H7F3INO2. The summed E-state index contributed by atoms with van der Waals surface area (Å²) in [7, 11) is 0. The molecule has 1 aromatic rings. The van der Waals surface area contributed by atoms with Crippen LogP contribution in [0, 0.1) is 9.52 Å². The third-order valence-corrected chi connectivity index (χ3v) is 2.48. The van der Waals surface area contributed by atoms with E-state index >= 15 is 0 Å². The lowest BCUT2D eigenvalue weighted by molar-refractivity contribution is 0.0515. The number of aromatic nitrogens is 1. The molecule has 0 radical (unpaired) electrons. The zero-order chi connectivity index (χ0) is 12.3. The molecule has 88 valence electrons. The molecule has 0 aliphatic rings. The first-order valence-electron chi connectivity index (χ1n) is 4.28. The largest absolute Gasteiger partial charge is 0.461 e. The molecular weight excluding hydrogens is 338 g/mol. The molecule has 0 bridgehead atoms. The van der Waals surface area contributed by atoms with Crippen molar-refractivity contribution >= 4 is 28.6 Å². The van der Waals surface area contributed by atoms with Crippen molar-refractivity contribution in [3.05, 3.63) is 26.8 Å². The average Bonchev–Trinajstić information content (AvgIpc) is 2.20. The van der Waals surface area contributed by atoms with Crippen molar-refractivity contribution in [1.82, 2.24) is 4.98 Å². The van der Waals surface area contributed by atoms with Crippen molar-refractivity contribution in [2.45, 2.75) is 13.3 Å². The molecule has 0 saturated heterocycles. The number of rotatable bonds is 3. The number of carbonyl (C=O) groups is 1. The second-order valence-electron chi connectivity index (χ2n) is 2.72. The summed E-state index contributed by atoms with van der Waals surface area (Å²) in [5.74, 6) is -2.18. The minimum absolute atomic E-state index is 0.106. The molecule has 0 N–H and O–H groups in total. The maximum Gasteiger partial charge on any atom is 0.358 e. The van der Waals surface area contributed by atoms with E-state index in [1.165, 1.54) is 0 Å². The summed E-state index contributed by atoms with van der Waals surface area (Å²) in [5, 5.41) is 0. The number of carbonyl (C=O) groups excluding carboxylic acids is 1. The van der Waals surface area contributed by atoms with E-state index in [0.717, 1.165) is 6.07 Å². The highest BCUT2D eigenvalue weighted by atomic mass is 127. The lowest BCUT2D eigenvalue weighted by Gasteiger charge is -2.06. The number of hydrogen-bond donors (Lipinski definition) is 0. The fourth-order valence-corrected chi connectivity index (χ4v) is 1.65. The number of esters is 1. The van der Waals surface area contributed by atoms with Gasteiger partial charge in [-0.1, -0.05) is 0 Å². The quantitative estimate of drug-likeness (QED) is 0.480. The number of halogens is 4. The molecule has 0 saturated carbocycles. The normalized spacial score (nSPS) is 10.6. The summed E-state index contributed by atoms with van der Waals surface area (Å²) in [6.07, 6.45) is -2.96.